The summed E-state index contributed by atoms with van der Waals surface area (Å²) in [6.07, 6.45) is -1.58. The number of benzene rings is 2. The number of aryl methyl sites for hydroxylation is 1. The van der Waals surface area contributed by atoms with Crippen LogP contribution in [0, 0.1) is 6.92 Å². The van der Waals surface area contributed by atoms with Gasteiger partial charge in [-0.25, -0.2) is 13.2 Å². The Balaban J connectivity index is 1.80. The van der Waals surface area contributed by atoms with Gasteiger partial charge in [0.1, 0.15) is 4.90 Å². The fourth-order valence-corrected chi connectivity index (χ4v) is 5.62. The van der Waals surface area contributed by atoms with E-state index in [9.17, 15) is 18.0 Å². The van der Waals surface area contributed by atoms with Crippen molar-refractivity contribution in [1.29, 1.82) is 0 Å². The molecule has 7 nitrogen and oxygen atoms in total. The lowest BCUT2D eigenvalue weighted by molar-refractivity contribution is -0.0440. The van der Waals surface area contributed by atoms with E-state index in [0.717, 1.165) is 5.56 Å². The highest BCUT2D eigenvalue weighted by molar-refractivity contribution is 7.89. The van der Waals surface area contributed by atoms with Crippen molar-refractivity contribution in [2.75, 3.05) is 13.1 Å². The van der Waals surface area contributed by atoms with Gasteiger partial charge in [-0.3, -0.25) is 4.79 Å². The maximum absolute atomic E-state index is 13.2. The molecule has 172 valence electrons. The summed E-state index contributed by atoms with van der Waals surface area (Å²) in [4.78, 5) is 25.0. The van der Waals surface area contributed by atoms with E-state index in [1.807, 2.05) is 6.92 Å². The first-order valence-electron chi connectivity index (χ1n) is 10.3. The first-order chi connectivity index (χ1) is 15.0. The molecule has 2 aromatic carbocycles. The predicted molar refractivity (Wildman–Crippen MR) is 121 cm³/mol. The monoisotopic (exact) mass is 479 g/mol. The fraction of sp³-hybridized carbons (Fsp3) is 0.391. The first-order valence-corrected chi connectivity index (χ1v) is 12.1. The second kappa shape index (κ2) is 9.70. The van der Waals surface area contributed by atoms with Crippen LogP contribution in [0.25, 0.3) is 0 Å². The van der Waals surface area contributed by atoms with Crippen molar-refractivity contribution in [3.63, 3.8) is 0 Å². The molecule has 0 spiro atoms. The Labute approximate surface area is 193 Å². The van der Waals surface area contributed by atoms with E-state index in [2.05, 4.69) is 0 Å². The molecule has 3 atom stereocenters. The normalized spacial score (nSPS) is 20.5. The number of morpholine rings is 1. The minimum Gasteiger partial charge on any atom is -0.451 e. The molecule has 1 aliphatic rings. The highest BCUT2D eigenvalue weighted by Gasteiger charge is 2.34. The van der Waals surface area contributed by atoms with Gasteiger partial charge in [-0.15, -0.1) is 0 Å². The van der Waals surface area contributed by atoms with Gasteiger partial charge in [0.2, 0.25) is 15.8 Å². The molecule has 0 bridgehead atoms. The van der Waals surface area contributed by atoms with Crippen molar-refractivity contribution in [2.45, 2.75) is 50.9 Å². The lowest BCUT2D eigenvalue weighted by atomic mass is 10.1. The zero-order chi connectivity index (χ0) is 23.6. The molecular weight excluding hydrogens is 454 g/mol. The second-order valence-electron chi connectivity index (χ2n) is 8.00. The molecule has 0 aromatic heterocycles. The van der Waals surface area contributed by atoms with Crippen molar-refractivity contribution >= 4 is 33.4 Å². The van der Waals surface area contributed by atoms with Crippen molar-refractivity contribution < 1.29 is 27.5 Å². The minimum absolute atomic E-state index is 0.00266. The maximum Gasteiger partial charge on any atom is 0.338 e. The van der Waals surface area contributed by atoms with Crippen LogP contribution in [-0.2, 0) is 19.5 Å². The highest BCUT2D eigenvalue weighted by Crippen LogP contribution is 2.28. The molecule has 0 radical (unpaired) electrons. The molecule has 0 N–H and O–H groups in total. The third-order valence-electron chi connectivity index (χ3n) is 5.16. The standard InChI is InChI=1S/C23H26ClNO6S/c1-14-5-7-18(8-6-14)22(26)17(4)31-23(27)19-9-10-20(24)21(11-19)32(28,29)25-12-15(2)30-16(3)13-25/h5-11,15-17H,12-13H2,1-4H3. The van der Waals surface area contributed by atoms with E-state index >= 15 is 0 Å². The predicted octanol–water partition coefficient (Wildman–Crippen LogP) is 3.87. The molecule has 1 saturated heterocycles. The number of carbonyl (C=O) groups excluding carboxylic acids is 2. The molecule has 0 amide bonds. The Hall–Kier alpha value is -2.26. The van der Waals surface area contributed by atoms with Crippen LogP contribution in [0.2, 0.25) is 5.02 Å². The first kappa shape index (κ1) is 24.4. The molecule has 9 heteroatoms. The van der Waals surface area contributed by atoms with E-state index < -0.39 is 22.1 Å². The van der Waals surface area contributed by atoms with E-state index in [0.29, 0.717) is 5.56 Å². The molecular formula is C23H26ClNO6S. The Morgan fingerprint density at radius 2 is 1.62 bits per heavy atom. The Morgan fingerprint density at radius 1 is 1.06 bits per heavy atom. The van der Waals surface area contributed by atoms with Crippen LogP contribution in [-0.4, -0.2) is 55.9 Å². The largest absolute Gasteiger partial charge is 0.451 e. The van der Waals surface area contributed by atoms with Crippen LogP contribution in [0.1, 0.15) is 47.1 Å². The summed E-state index contributed by atoms with van der Waals surface area (Å²) < 4.78 is 38.6. The number of Topliss-reactive ketones (excluding diaryl/α,β-unsaturated/α-hetero) is 1. The smallest absolute Gasteiger partial charge is 0.338 e. The number of ketones is 1. The molecule has 1 fully saturated rings. The average molecular weight is 480 g/mol. The number of esters is 1. The molecule has 3 unspecified atom stereocenters. The van der Waals surface area contributed by atoms with Gasteiger partial charge >= 0.3 is 5.97 Å². The number of rotatable bonds is 6. The molecule has 0 aliphatic carbocycles. The summed E-state index contributed by atoms with van der Waals surface area (Å²) >= 11 is 6.18. The van der Waals surface area contributed by atoms with Gasteiger partial charge in [-0.1, -0.05) is 41.4 Å². The summed E-state index contributed by atoms with van der Waals surface area (Å²) in [6.45, 7) is 7.33. The summed E-state index contributed by atoms with van der Waals surface area (Å²) in [7, 11) is -3.96. The van der Waals surface area contributed by atoms with E-state index in [1.54, 1.807) is 38.1 Å². The lowest BCUT2D eigenvalue weighted by Crippen LogP contribution is -2.48. The summed E-state index contributed by atoms with van der Waals surface area (Å²) in [5, 5.41) is -0.00266. The summed E-state index contributed by atoms with van der Waals surface area (Å²) in [6, 6.07) is 10.8. The van der Waals surface area contributed by atoms with Crippen LogP contribution >= 0.6 is 11.6 Å². The van der Waals surface area contributed by atoms with Gasteiger partial charge in [0, 0.05) is 18.7 Å². The van der Waals surface area contributed by atoms with Gasteiger partial charge in [0.05, 0.1) is 22.8 Å². The maximum atomic E-state index is 13.2. The van der Waals surface area contributed by atoms with Gasteiger partial charge in [0.25, 0.3) is 0 Å². The number of hydrogen-bond donors (Lipinski definition) is 0. The molecule has 0 saturated carbocycles. The van der Waals surface area contributed by atoms with Crippen molar-refractivity contribution in [3.8, 4) is 0 Å². The van der Waals surface area contributed by atoms with E-state index in [1.165, 1.54) is 29.4 Å². The quantitative estimate of drug-likeness (QED) is 0.461. The summed E-state index contributed by atoms with van der Waals surface area (Å²) in [5.74, 6) is -1.16. The van der Waals surface area contributed by atoms with Gasteiger partial charge in [0.15, 0.2) is 6.10 Å². The second-order valence-corrected chi connectivity index (χ2v) is 10.3. The third kappa shape index (κ3) is 5.38. The Morgan fingerprint density at radius 3 is 2.22 bits per heavy atom. The van der Waals surface area contributed by atoms with Crippen LogP contribution < -0.4 is 0 Å². The Bertz CT molecular complexity index is 1110. The van der Waals surface area contributed by atoms with Gasteiger partial charge in [-0.2, -0.15) is 4.31 Å². The number of nitrogens with zero attached hydrogens (tertiary/aromatic N) is 1. The number of halogens is 1. The number of ether oxygens (including phenoxy) is 2. The van der Waals surface area contributed by atoms with Crippen LogP contribution in [0.3, 0.4) is 0 Å². The average Bonchev–Trinajstić information content (AvgIpc) is 2.73. The minimum atomic E-state index is -3.96. The Kier molecular flexibility index (Phi) is 7.39. The van der Waals surface area contributed by atoms with Crippen LogP contribution in [0.15, 0.2) is 47.4 Å². The van der Waals surface area contributed by atoms with Crippen molar-refractivity contribution in [3.05, 3.63) is 64.2 Å². The number of sulfonamides is 1. The lowest BCUT2D eigenvalue weighted by Gasteiger charge is -2.34. The SMILES string of the molecule is Cc1ccc(C(=O)C(C)OC(=O)c2ccc(Cl)c(S(=O)(=O)N3CC(C)OC(C)C3)c2)cc1. The van der Waals surface area contributed by atoms with Gasteiger partial charge in [-0.05, 0) is 45.9 Å². The zero-order valence-corrected chi connectivity index (χ0v) is 19.9. The number of carbonyl (C=O) groups is 2. The zero-order valence-electron chi connectivity index (χ0n) is 18.4. The van der Waals surface area contributed by atoms with E-state index in [-0.39, 0.29) is 46.6 Å². The van der Waals surface area contributed by atoms with Gasteiger partial charge < -0.3 is 9.47 Å². The van der Waals surface area contributed by atoms with E-state index in [4.69, 9.17) is 21.1 Å². The number of hydrogen-bond acceptors (Lipinski definition) is 6. The van der Waals surface area contributed by atoms with Crippen LogP contribution in [0.4, 0.5) is 0 Å². The molecule has 3 rings (SSSR count). The van der Waals surface area contributed by atoms with Crippen molar-refractivity contribution in [2.24, 2.45) is 0 Å². The summed E-state index contributed by atoms with van der Waals surface area (Å²) in [5.41, 5.74) is 1.42. The highest BCUT2D eigenvalue weighted by atomic mass is 35.5. The molecule has 32 heavy (non-hydrogen) atoms. The molecule has 2 aromatic rings. The molecule has 1 aliphatic heterocycles. The van der Waals surface area contributed by atoms with Crippen molar-refractivity contribution in [1.82, 2.24) is 4.31 Å². The third-order valence-corrected chi connectivity index (χ3v) is 7.47. The fourth-order valence-electron chi connectivity index (χ4n) is 3.53. The molecule has 1 heterocycles. The van der Waals surface area contributed by atoms with Crippen LogP contribution in [0.5, 0.6) is 0 Å². The topological polar surface area (TPSA) is 90.0 Å².